The van der Waals surface area contributed by atoms with Gasteiger partial charge >= 0.3 is 0 Å². The van der Waals surface area contributed by atoms with E-state index in [1.165, 1.54) is 76.2 Å². The van der Waals surface area contributed by atoms with Crippen LogP contribution in [-0.2, 0) is 11.2 Å². The summed E-state index contributed by atoms with van der Waals surface area (Å²) in [4.78, 5) is 4.70. The fraction of sp³-hybridized carbons (Fsp3) is 0.621. The van der Waals surface area contributed by atoms with Crippen LogP contribution in [0, 0.1) is 23.7 Å². The van der Waals surface area contributed by atoms with E-state index >= 15 is 0 Å². The van der Waals surface area contributed by atoms with Gasteiger partial charge in [0.15, 0.2) is 0 Å². The van der Waals surface area contributed by atoms with Crippen LogP contribution in [0.1, 0.15) is 76.2 Å². The van der Waals surface area contributed by atoms with Gasteiger partial charge in [-0.25, -0.2) is 0 Å². The van der Waals surface area contributed by atoms with Gasteiger partial charge in [-0.1, -0.05) is 55.5 Å². The molecular weight excluding hydrogens is 414 g/mol. The summed E-state index contributed by atoms with van der Waals surface area (Å²) in [5.41, 5.74) is 3.53. The number of rotatable bonds is 9. The molecule has 0 radical (unpaired) electrons. The minimum absolute atomic E-state index is 0.769. The van der Waals surface area contributed by atoms with Crippen molar-refractivity contribution in [3.8, 4) is 11.3 Å². The molecule has 4 rings (SSSR count). The summed E-state index contributed by atoms with van der Waals surface area (Å²) in [5.74, 6) is 3.90. The molecule has 0 amide bonds. The maximum absolute atomic E-state index is 6.00. The molecule has 0 saturated heterocycles. The Kier molecular flexibility index (Phi) is 9.05. The monoisotopic (exact) mass is 453 g/mol. The molecular formula is C29H40ClNO. The van der Waals surface area contributed by atoms with Crippen molar-refractivity contribution in [2.45, 2.75) is 77.0 Å². The topological polar surface area (TPSA) is 22.1 Å². The number of aromatic nitrogens is 1. The molecule has 0 N–H and O–H groups in total. The zero-order valence-electron chi connectivity index (χ0n) is 19.8. The van der Waals surface area contributed by atoms with Gasteiger partial charge in [0.1, 0.15) is 0 Å². The van der Waals surface area contributed by atoms with Crippen LogP contribution in [0.2, 0.25) is 5.02 Å². The van der Waals surface area contributed by atoms with Crippen LogP contribution in [-0.4, -0.2) is 18.7 Å². The number of halogens is 1. The third-order valence-corrected chi connectivity index (χ3v) is 8.47. The van der Waals surface area contributed by atoms with Crippen LogP contribution in [0.4, 0.5) is 0 Å². The highest BCUT2D eigenvalue weighted by Gasteiger charge is 2.30. The Hall–Kier alpha value is -1.38. The number of methoxy groups -OCH3 is 1. The van der Waals surface area contributed by atoms with Crippen LogP contribution in [0.25, 0.3) is 11.3 Å². The average molecular weight is 454 g/mol. The summed E-state index contributed by atoms with van der Waals surface area (Å²) in [6.07, 6.45) is 18.9. The lowest BCUT2D eigenvalue weighted by Crippen LogP contribution is -2.26. The van der Waals surface area contributed by atoms with Crippen molar-refractivity contribution in [2.75, 3.05) is 13.7 Å². The van der Waals surface area contributed by atoms with Gasteiger partial charge in [0, 0.05) is 30.5 Å². The van der Waals surface area contributed by atoms with E-state index in [-0.39, 0.29) is 0 Å². The minimum Gasteiger partial charge on any atom is -0.385 e. The molecule has 32 heavy (non-hydrogen) atoms. The van der Waals surface area contributed by atoms with Crippen LogP contribution in [0.15, 0.2) is 42.6 Å². The zero-order valence-corrected chi connectivity index (χ0v) is 20.5. The molecule has 2 aliphatic carbocycles. The lowest BCUT2D eigenvalue weighted by molar-refractivity contribution is 0.133. The highest BCUT2D eigenvalue weighted by Crippen LogP contribution is 2.43. The van der Waals surface area contributed by atoms with Gasteiger partial charge in [-0.3, -0.25) is 4.98 Å². The Labute approximate surface area is 200 Å². The molecule has 1 aromatic carbocycles. The van der Waals surface area contributed by atoms with Crippen molar-refractivity contribution in [1.82, 2.24) is 4.98 Å². The molecule has 0 atom stereocenters. The maximum atomic E-state index is 6.00. The number of benzene rings is 1. The minimum atomic E-state index is 0.769. The SMILES string of the molecule is COCCC[C@H]1CC[C@H](C2CCC(CCc3ccc(-c4ccc(Cl)cc4)nc3)CC2)CC1. The first-order valence-corrected chi connectivity index (χ1v) is 13.3. The smallest absolute Gasteiger partial charge is 0.0702 e. The highest BCUT2D eigenvalue weighted by atomic mass is 35.5. The number of hydrogen-bond acceptors (Lipinski definition) is 2. The maximum Gasteiger partial charge on any atom is 0.0702 e. The molecule has 3 heteroatoms. The summed E-state index contributed by atoms with van der Waals surface area (Å²) in [6.45, 7) is 0.937. The molecule has 0 unspecified atom stereocenters. The Morgan fingerprint density at radius 1 is 0.812 bits per heavy atom. The van der Waals surface area contributed by atoms with E-state index in [0.717, 1.165) is 53.0 Å². The summed E-state index contributed by atoms with van der Waals surface area (Å²) in [7, 11) is 1.82. The second kappa shape index (κ2) is 12.2. The summed E-state index contributed by atoms with van der Waals surface area (Å²) >= 11 is 6.00. The quantitative estimate of drug-likeness (QED) is 0.355. The van der Waals surface area contributed by atoms with Crippen LogP contribution >= 0.6 is 11.6 Å². The molecule has 174 valence electrons. The van der Waals surface area contributed by atoms with Crippen molar-refractivity contribution in [3.63, 3.8) is 0 Å². The molecule has 0 bridgehead atoms. The fourth-order valence-electron chi connectivity index (χ4n) is 6.15. The van der Waals surface area contributed by atoms with E-state index in [9.17, 15) is 0 Å². The lowest BCUT2D eigenvalue weighted by atomic mass is 9.68. The molecule has 0 spiro atoms. The van der Waals surface area contributed by atoms with E-state index in [4.69, 9.17) is 21.3 Å². The second-order valence-corrected chi connectivity index (χ2v) is 10.7. The third kappa shape index (κ3) is 6.81. The van der Waals surface area contributed by atoms with Crippen LogP contribution < -0.4 is 0 Å². The highest BCUT2D eigenvalue weighted by molar-refractivity contribution is 6.30. The van der Waals surface area contributed by atoms with Crippen molar-refractivity contribution in [1.29, 1.82) is 0 Å². The zero-order chi connectivity index (χ0) is 22.2. The number of aryl methyl sites for hydroxylation is 1. The lowest BCUT2D eigenvalue weighted by Gasteiger charge is -2.38. The molecule has 2 fully saturated rings. The normalized spacial score (nSPS) is 26.2. The van der Waals surface area contributed by atoms with Gasteiger partial charge in [-0.15, -0.1) is 0 Å². The summed E-state index contributed by atoms with van der Waals surface area (Å²) in [6, 6.07) is 12.3. The largest absolute Gasteiger partial charge is 0.385 e. The Bertz CT molecular complexity index is 787. The molecule has 2 nitrogen and oxygen atoms in total. The first kappa shape index (κ1) is 23.8. The van der Waals surface area contributed by atoms with Gasteiger partial charge in [0.05, 0.1) is 5.69 Å². The van der Waals surface area contributed by atoms with Gasteiger partial charge in [-0.05, 0) is 98.8 Å². The molecule has 2 aromatic rings. The van der Waals surface area contributed by atoms with Crippen molar-refractivity contribution in [2.24, 2.45) is 23.7 Å². The fourth-order valence-corrected chi connectivity index (χ4v) is 6.27. The molecule has 1 heterocycles. The summed E-state index contributed by atoms with van der Waals surface area (Å²) in [5, 5.41) is 0.769. The molecule has 0 aliphatic heterocycles. The predicted molar refractivity (Wildman–Crippen MR) is 135 cm³/mol. The van der Waals surface area contributed by atoms with Gasteiger partial charge in [0.2, 0.25) is 0 Å². The molecule has 2 saturated carbocycles. The van der Waals surface area contributed by atoms with E-state index in [2.05, 4.69) is 18.3 Å². The van der Waals surface area contributed by atoms with E-state index in [1.807, 2.05) is 31.4 Å². The Balaban J connectivity index is 1.15. The van der Waals surface area contributed by atoms with E-state index in [1.54, 1.807) is 0 Å². The Morgan fingerprint density at radius 2 is 1.44 bits per heavy atom. The van der Waals surface area contributed by atoms with Crippen LogP contribution in [0.5, 0.6) is 0 Å². The van der Waals surface area contributed by atoms with Gasteiger partial charge in [-0.2, -0.15) is 0 Å². The van der Waals surface area contributed by atoms with Crippen molar-refractivity contribution in [3.05, 3.63) is 53.2 Å². The number of pyridine rings is 1. The second-order valence-electron chi connectivity index (χ2n) is 10.3. The number of nitrogens with zero attached hydrogens (tertiary/aromatic N) is 1. The van der Waals surface area contributed by atoms with Gasteiger partial charge < -0.3 is 4.74 Å². The number of ether oxygens (including phenoxy) is 1. The average Bonchev–Trinajstić information content (AvgIpc) is 2.85. The molecule has 2 aliphatic rings. The first-order chi connectivity index (χ1) is 15.7. The summed E-state index contributed by atoms with van der Waals surface area (Å²) < 4.78 is 5.23. The standard InChI is InChI=1S/C29H40ClNO/c1-32-20-2-3-22-6-11-25(12-7-22)26-13-8-23(9-14-26)4-5-24-10-19-29(31-21-24)27-15-17-28(30)18-16-27/h10,15-19,21-23,25-26H,2-9,11-14,20H2,1H3/t22-,23?,25-,26?. The predicted octanol–water partition coefficient (Wildman–Crippen LogP) is 8.37. The van der Waals surface area contributed by atoms with Crippen molar-refractivity contribution >= 4 is 11.6 Å². The Morgan fingerprint density at radius 3 is 2.00 bits per heavy atom. The first-order valence-electron chi connectivity index (χ1n) is 12.9. The van der Waals surface area contributed by atoms with Gasteiger partial charge in [0.25, 0.3) is 0 Å². The van der Waals surface area contributed by atoms with Crippen molar-refractivity contribution < 1.29 is 4.74 Å². The third-order valence-electron chi connectivity index (χ3n) is 8.22. The van der Waals surface area contributed by atoms with E-state index in [0.29, 0.717) is 0 Å². The van der Waals surface area contributed by atoms with E-state index < -0.39 is 0 Å². The van der Waals surface area contributed by atoms with Crippen LogP contribution in [0.3, 0.4) is 0 Å². The number of hydrogen-bond donors (Lipinski definition) is 0. The molecule has 1 aromatic heterocycles.